The number of methoxy groups -OCH3 is 1. The Balaban J connectivity index is 2.12. The smallest absolute Gasteiger partial charge is 0.142 e. The first-order chi connectivity index (χ1) is 8.74. The van der Waals surface area contributed by atoms with Crippen LogP contribution in [-0.4, -0.2) is 16.7 Å². The van der Waals surface area contributed by atoms with Gasteiger partial charge in [-0.05, 0) is 25.1 Å². The van der Waals surface area contributed by atoms with E-state index < -0.39 is 0 Å². The lowest BCUT2D eigenvalue weighted by atomic mass is 10.3. The monoisotopic (exact) mass is 265 g/mol. The van der Waals surface area contributed by atoms with E-state index in [1.54, 1.807) is 7.11 Å². The topological polar surface area (TPSA) is 39.1 Å². The Bertz CT molecular complexity index is 525. The van der Waals surface area contributed by atoms with Gasteiger partial charge in [-0.2, -0.15) is 0 Å². The third-order valence-electron chi connectivity index (χ3n) is 2.76. The zero-order valence-electron chi connectivity index (χ0n) is 10.5. The standard InChI is InChI=1S/C13H16ClN3O/c1-3-17-9-15-7-11(17)8-16-12-6-10(14)4-5-13(12)18-2/h4-7,9,16H,3,8H2,1-2H3. The summed E-state index contributed by atoms with van der Waals surface area (Å²) in [6.07, 6.45) is 3.68. The second kappa shape index (κ2) is 5.78. The normalized spacial score (nSPS) is 10.4. The number of anilines is 1. The third-order valence-corrected chi connectivity index (χ3v) is 3.00. The summed E-state index contributed by atoms with van der Waals surface area (Å²) in [6, 6.07) is 5.51. The lowest BCUT2D eigenvalue weighted by Gasteiger charge is -2.12. The summed E-state index contributed by atoms with van der Waals surface area (Å²) in [6.45, 7) is 3.68. The molecule has 1 aromatic heterocycles. The molecule has 4 nitrogen and oxygen atoms in total. The second-order valence-electron chi connectivity index (χ2n) is 3.87. The van der Waals surface area contributed by atoms with Crippen LogP contribution in [0.3, 0.4) is 0 Å². The number of halogens is 1. The number of aromatic nitrogens is 2. The minimum Gasteiger partial charge on any atom is -0.495 e. The summed E-state index contributed by atoms with van der Waals surface area (Å²) < 4.78 is 7.37. The maximum atomic E-state index is 5.98. The number of rotatable bonds is 5. The minimum absolute atomic E-state index is 0.683. The molecular weight excluding hydrogens is 250 g/mol. The maximum Gasteiger partial charge on any atom is 0.142 e. The van der Waals surface area contributed by atoms with E-state index in [0.29, 0.717) is 11.6 Å². The van der Waals surface area contributed by atoms with Gasteiger partial charge in [0.2, 0.25) is 0 Å². The molecule has 5 heteroatoms. The van der Waals surface area contributed by atoms with Gasteiger partial charge in [0, 0.05) is 17.8 Å². The number of hydrogen-bond donors (Lipinski definition) is 1. The Labute approximate surface area is 112 Å². The Morgan fingerprint density at radius 3 is 3.00 bits per heavy atom. The van der Waals surface area contributed by atoms with Crippen molar-refractivity contribution in [2.24, 2.45) is 0 Å². The number of benzene rings is 1. The molecule has 0 saturated heterocycles. The van der Waals surface area contributed by atoms with Crippen molar-refractivity contribution in [3.8, 4) is 5.75 Å². The molecule has 0 unspecified atom stereocenters. The fourth-order valence-corrected chi connectivity index (χ4v) is 1.96. The summed E-state index contributed by atoms with van der Waals surface area (Å²) in [4.78, 5) is 4.13. The van der Waals surface area contributed by atoms with Crippen LogP contribution in [0.2, 0.25) is 5.02 Å². The molecule has 1 aromatic carbocycles. The summed E-state index contributed by atoms with van der Waals surface area (Å²) in [7, 11) is 1.64. The molecule has 0 spiro atoms. The molecule has 2 rings (SSSR count). The van der Waals surface area contributed by atoms with Gasteiger partial charge in [-0.1, -0.05) is 11.6 Å². The van der Waals surface area contributed by atoms with Crippen LogP contribution in [0, 0.1) is 0 Å². The average molecular weight is 266 g/mol. The van der Waals surface area contributed by atoms with Crippen LogP contribution in [0.5, 0.6) is 5.75 Å². The highest BCUT2D eigenvalue weighted by Gasteiger charge is 2.05. The fraction of sp³-hybridized carbons (Fsp3) is 0.308. The summed E-state index contributed by atoms with van der Waals surface area (Å²) in [5, 5.41) is 3.99. The summed E-state index contributed by atoms with van der Waals surface area (Å²) in [5.41, 5.74) is 2.01. The van der Waals surface area contributed by atoms with Gasteiger partial charge in [0.15, 0.2) is 0 Å². The molecule has 0 aliphatic heterocycles. The third kappa shape index (κ3) is 2.76. The molecule has 0 bridgehead atoms. The van der Waals surface area contributed by atoms with Crippen LogP contribution < -0.4 is 10.1 Å². The lowest BCUT2D eigenvalue weighted by Crippen LogP contribution is -2.06. The van der Waals surface area contributed by atoms with Crippen LogP contribution in [0.15, 0.2) is 30.7 Å². The van der Waals surface area contributed by atoms with Gasteiger partial charge in [0.1, 0.15) is 5.75 Å². The quantitative estimate of drug-likeness (QED) is 0.903. The summed E-state index contributed by atoms with van der Waals surface area (Å²) in [5.74, 6) is 0.780. The van der Waals surface area contributed by atoms with E-state index in [9.17, 15) is 0 Å². The van der Waals surface area contributed by atoms with E-state index >= 15 is 0 Å². The molecule has 0 fully saturated rings. The number of nitrogens with one attached hydrogen (secondary N) is 1. The molecule has 0 aliphatic rings. The number of aryl methyl sites for hydroxylation is 1. The highest BCUT2D eigenvalue weighted by molar-refractivity contribution is 6.30. The Morgan fingerprint density at radius 1 is 1.44 bits per heavy atom. The number of nitrogens with zero attached hydrogens (tertiary/aromatic N) is 2. The van der Waals surface area contributed by atoms with Crippen molar-refractivity contribution in [3.05, 3.63) is 41.4 Å². The first-order valence-corrected chi connectivity index (χ1v) is 6.18. The van der Waals surface area contributed by atoms with Gasteiger partial charge in [-0.15, -0.1) is 0 Å². The van der Waals surface area contributed by atoms with Gasteiger partial charge in [-0.25, -0.2) is 4.98 Å². The van der Waals surface area contributed by atoms with Gasteiger partial charge in [0.05, 0.1) is 31.4 Å². The first-order valence-electron chi connectivity index (χ1n) is 5.81. The molecule has 2 aromatic rings. The molecular formula is C13H16ClN3O. The lowest BCUT2D eigenvalue weighted by molar-refractivity contribution is 0.416. The number of hydrogen-bond acceptors (Lipinski definition) is 3. The molecule has 1 N–H and O–H groups in total. The molecule has 0 atom stereocenters. The van der Waals surface area contributed by atoms with Crippen LogP contribution in [-0.2, 0) is 13.1 Å². The van der Waals surface area contributed by atoms with E-state index in [2.05, 4.69) is 21.8 Å². The van der Waals surface area contributed by atoms with Crippen LogP contribution in [0.25, 0.3) is 0 Å². The predicted octanol–water partition coefficient (Wildman–Crippen LogP) is 3.18. The van der Waals surface area contributed by atoms with E-state index in [4.69, 9.17) is 16.3 Å². The zero-order chi connectivity index (χ0) is 13.0. The maximum absolute atomic E-state index is 5.98. The van der Waals surface area contributed by atoms with Gasteiger partial charge in [0.25, 0.3) is 0 Å². The molecule has 0 radical (unpaired) electrons. The second-order valence-corrected chi connectivity index (χ2v) is 4.31. The number of imidazole rings is 1. The van der Waals surface area contributed by atoms with Crippen LogP contribution >= 0.6 is 11.6 Å². The van der Waals surface area contributed by atoms with E-state index in [0.717, 1.165) is 23.7 Å². The predicted molar refractivity (Wildman–Crippen MR) is 73.2 cm³/mol. The van der Waals surface area contributed by atoms with Crippen molar-refractivity contribution in [2.45, 2.75) is 20.0 Å². The van der Waals surface area contributed by atoms with Gasteiger partial charge < -0.3 is 14.6 Å². The van der Waals surface area contributed by atoms with E-state index in [1.165, 1.54) is 0 Å². The fourth-order valence-electron chi connectivity index (χ4n) is 1.78. The van der Waals surface area contributed by atoms with Crippen LogP contribution in [0.1, 0.15) is 12.6 Å². The highest BCUT2D eigenvalue weighted by atomic mass is 35.5. The van der Waals surface area contributed by atoms with Crippen molar-refractivity contribution in [2.75, 3.05) is 12.4 Å². The largest absolute Gasteiger partial charge is 0.495 e. The highest BCUT2D eigenvalue weighted by Crippen LogP contribution is 2.27. The molecule has 0 saturated carbocycles. The minimum atomic E-state index is 0.683. The van der Waals surface area contributed by atoms with Gasteiger partial charge in [-0.3, -0.25) is 0 Å². The Hall–Kier alpha value is -1.68. The van der Waals surface area contributed by atoms with E-state index in [-0.39, 0.29) is 0 Å². The van der Waals surface area contributed by atoms with Crippen LogP contribution in [0.4, 0.5) is 5.69 Å². The Morgan fingerprint density at radius 2 is 2.28 bits per heavy atom. The van der Waals surface area contributed by atoms with Crippen molar-refractivity contribution < 1.29 is 4.74 Å². The molecule has 0 amide bonds. The van der Waals surface area contributed by atoms with Crippen molar-refractivity contribution >= 4 is 17.3 Å². The SMILES string of the molecule is CCn1cncc1CNc1cc(Cl)ccc1OC. The van der Waals surface area contributed by atoms with Crippen molar-refractivity contribution in [1.82, 2.24) is 9.55 Å². The molecule has 1 heterocycles. The van der Waals surface area contributed by atoms with Gasteiger partial charge >= 0.3 is 0 Å². The average Bonchev–Trinajstić information content (AvgIpc) is 2.84. The zero-order valence-corrected chi connectivity index (χ0v) is 11.2. The van der Waals surface area contributed by atoms with Crippen molar-refractivity contribution in [3.63, 3.8) is 0 Å². The first kappa shape index (κ1) is 12.8. The molecule has 0 aliphatic carbocycles. The van der Waals surface area contributed by atoms with E-state index in [1.807, 2.05) is 30.7 Å². The Kier molecular flexibility index (Phi) is 4.10. The number of ether oxygens (including phenoxy) is 1. The summed E-state index contributed by atoms with van der Waals surface area (Å²) >= 11 is 5.98. The molecule has 18 heavy (non-hydrogen) atoms. The van der Waals surface area contributed by atoms with Crippen molar-refractivity contribution in [1.29, 1.82) is 0 Å². The molecule has 96 valence electrons.